The molecule has 2 amide bonds. The van der Waals surface area contributed by atoms with Gasteiger partial charge in [-0.3, -0.25) is 14.5 Å². The monoisotopic (exact) mass is 427 g/mol. The Labute approximate surface area is 181 Å². The predicted octanol–water partition coefficient (Wildman–Crippen LogP) is 3.59. The van der Waals surface area contributed by atoms with Gasteiger partial charge in [0.1, 0.15) is 5.75 Å². The lowest BCUT2D eigenvalue weighted by Gasteiger charge is -2.14. The highest BCUT2D eigenvalue weighted by Crippen LogP contribution is 2.35. The van der Waals surface area contributed by atoms with Crippen LogP contribution < -0.4 is 10.1 Å². The van der Waals surface area contributed by atoms with Gasteiger partial charge in [0.25, 0.3) is 0 Å². The number of hydrogen-bond donors (Lipinski definition) is 2. The highest BCUT2D eigenvalue weighted by Gasteiger charge is 2.46. The fourth-order valence-corrected chi connectivity index (χ4v) is 5.22. The van der Waals surface area contributed by atoms with E-state index in [-0.39, 0.29) is 23.7 Å². The Morgan fingerprint density at radius 1 is 1.13 bits per heavy atom. The van der Waals surface area contributed by atoms with E-state index in [0.717, 1.165) is 43.0 Å². The summed E-state index contributed by atoms with van der Waals surface area (Å²) in [7, 11) is 1.68. The Bertz CT molecular complexity index is 913. The first-order chi connectivity index (χ1) is 14.7. The number of nitrogens with zero attached hydrogens (tertiary/aromatic N) is 1. The maximum Gasteiger partial charge on any atom is 0.233 e. The van der Waals surface area contributed by atoms with Crippen LogP contribution in [0.4, 0.5) is 0 Å². The van der Waals surface area contributed by atoms with E-state index in [1.54, 1.807) is 7.11 Å². The van der Waals surface area contributed by atoms with Gasteiger partial charge >= 0.3 is 0 Å². The van der Waals surface area contributed by atoms with Crippen molar-refractivity contribution in [3.05, 3.63) is 36.5 Å². The zero-order valence-electron chi connectivity index (χ0n) is 17.4. The number of thioether (sulfide) groups is 1. The minimum atomic E-state index is -0.109. The molecule has 2 N–H and O–H groups in total. The van der Waals surface area contributed by atoms with Crippen LogP contribution in [0.5, 0.6) is 5.75 Å². The number of H-pyrrole nitrogens is 1. The molecule has 6 nitrogen and oxygen atoms in total. The topological polar surface area (TPSA) is 74.4 Å². The molecule has 2 aliphatic rings. The van der Waals surface area contributed by atoms with Crippen molar-refractivity contribution < 1.29 is 14.3 Å². The largest absolute Gasteiger partial charge is 0.497 e. The number of benzene rings is 1. The van der Waals surface area contributed by atoms with E-state index in [1.807, 2.05) is 42.2 Å². The Morgan fingerprint density at radius 2 is 1.90 bits per heavy atom. The van der Waals surface area contributed by atoms with Crippen LogP contribution in [0.2, 0.25) is 0 Å². The normalized spacial score (nSPS) is 20.9. The number of unbranched alkanes of at least 4 members (excludes halogenated alkanes) is 1. The molecule has 1 fully saturated rings. The average molecular weight is 428 g/mol. The SMILES string of the molecule is COc1ccc2[nH]cc(SCCNCCCCN3C(=O)C4CC=CCC4C3=O)c2c1. The molecule has 2 unspecified atom stereocenters. The summed E-state index contributed by atoms with van der Waals surface area (Å²) in [6.45, 7) is 2.36. The van der Waals surface area contributed by atoms with Crippen LogP contribution in [0.3, 0.4) is 0 Å². The number of imide groups is 1. The van der Waals surface area contributed by atoms with Crippen LogP contribution >= 0.6 is 11.8 Å². The maximum atomic E-state index is 12.4. The molecule has 1 aromatic heterocycles. The van der Waals surface area contributed by atoms with Crippen LogP contribution in [0.25, 0.3) is 10.9 Å². The number of aromatic amines is 1. The first kappa shape index (κ1) is 21.0. The predicted molar refractivity (Wildman–Crippen MR) is 120 cm³/mol. The van der Waals surface area contributed by atoms with Gasteiger partial charge in [-0.2, -0.15) is 0 Å². The second-order valence-corrected chi connectivity index (χ2v) is 8.99. The molecule has 30 heavy (non-hydrogen) atoms. The molecule has 2 heterocycles. The van der Waals surface area contributed by atoms with Gasteiger partial charge in [0.05, 0.1) is 18.9 Å². The van der Waals surface area contributed by atoms with E-state index >= 15 is 0 Å². The Hall–Kier alpha value is -2.25. The van der Waals surface area contributed by atoms with Gasteiger partial charge in [-0.1, -0.05) is 12.2 Å². The summed E-state index contributed by atoms with van der Waals surface area (Å²) in [4.78, 5) is 30.9. The van der Waals surface area contributed by atoms with Gasteiger partial charge in [-0.15, -0.1) is 11.8 Å². The lowest BCUT2D eigenvalue weighted by molar-refractivity contribution is -0.139. The van der Waals surface area contributed by atoms with Gasteiger partial charge in [-0.25, -0.2) is 0 Å². The number of hydrogen-bond acceptors (Lipinski definition) is 5. The summed E-state index contributed by atoms with van der Waals surface area (Å²) in [5.74, 6) is 1.70. The van der Waals surface area contributed by atoms with Crippen molar-refractivity contribution >= 4 is 34.5 Å². The summed E-state index contributed by atoms with van der Waals surface area (Å²) >= 11 is 1.82. The lowest BCUT2D eigenvalue weighted by Crippen LogP contribution is -2.32. The summed E-state index contributed by atoms with van der Waals surface area (Å²) in [5.41, 5.74) is 1.12. The molecule has 1 aromatic carbocycles. The summed E-state index contributed by atoms with van der Waals surface area (Å²) in [5, 5.41) is 4.65. The first-order valence-corrected chi connectivity index (χ1v) is 11.7. The van der Waals surface area contributed by atoms with E-state index in [0.29, 0.717) is 19.4 Å². The second-order valence-electron chi connectivity index (χ2n) is 7.85. The highest BCUT2D eigenvalue weighted by molar-refractivity contribution is 7.99. The maximum absolute atomic E-state index is 12.4. The van der Waals surface area contributed by atoms with Gasteiger partial charge in [-0.05, 0) is 50.4 Å². The molecule has 0 bridgehead atoms. The Kier molecular flexibility index (Phi) is 6.79. The van der Waals surface area contributed by atoms with Crippen LogP contribution in [0, 0.1) is 11.8 Å². The number of carbonyl (C=O) groups is 2. The van der Waals surface area contributed by atoms with Crippen molar-refractivity contribution in [3.8, 4) is 5.75 Å². The molecule has 7 heteroatoms. The van der Waals surface area contributed by atoms with Gasteiger partial charge in [0.2, 0.25) is 11.8 Å². The zero-order valence-corrected chi connectivity index (χ0v) is 18.2. The minimum absolute atomic E-state index is 0.0362. The van der Waals surface area contributed by atoms with Crippen LogP contribution in [0.15, 0.2) is 41.4 Å². The van der Waals surface area contributed by atoms with E-state index < -0.39 is 0 Å². The van der Waals surface area contributed by atoms with Crippen molar-refractivity contribution in [2.45, 2.75) is 30.6 Å². The number of fused-ring (bicyclic) bond motifs is 2. The van der Waals surface area contributed by atoms with Crippen LogP contribution in [-0.2, 0) is 9.59 Å². The smallest absolute Gasteiger partial charge is 0.233 e. The number of amides is 2. The van der Waals surface area contributed by atoms with Crippen molar-refractivity contribution in [3.63, 3.8) is 0 Å². The number of rotatable bonds is 10. The molecule has 1 aliphatic heterocycles. The number of methoxy groups -OCH3 is 1. The van der Waals surface area contributed by atoms with Gasteiger partial charge in [0, 0.05) is 40.8 Å². The average Bonchev–Trinajstić information content (AvgIpc) is 3.29. The highest BCUT2D eigenvalue weighted by atomic mass is 32.2. The minimum Gasteiger partial charge on any atom is -0.497 e. The lowest BCUT2D eigenvalue weighted by atomic mass is 9.85. The molecule has 1 aliphatic carbocycles. The fourth-order valence-electron chi connectivity index (χ4n) is 4.29. The van der Waals surface area contributed by atoms with Crippen LogP contribution in [0.1, 0.15) is 25.7 Å². The number of likely N-dealkylation sites (tertiary alicyclic amines) is 1. The van der Waals surface area contributed by atoms with Gasteiger partial charge < -0.3 is 15.0 Å². The van der Waals surface area contributed by atoms with Crippen molar-refractivity contribution in [2.24, 2.45) is 11.8 Å². The van der Waals surface area contributed by atoms with Crippen molar-refractivity contribution in [2.75, 3.05) is 32.5 Å². The quantitative estimate of drug-likeness (QED) is 0.262. The fraction of sp³-hybridized carbons (Fsp3) is 0.478. The summed E-state index contributed by atoms with van der Waals surface area (Å²) in [6.07, 6.45) is 9.36. The molecule has 4 rings (SSSR count). The zero-order chi connectivity index (χ0) is 20.9. The molecule has 0 saturated carbocycles. The van der Waals surface area contributed by atoms with E-state index in [9.17, 15) is 9.59 Å². The molecular weight excluding hydrogens is 398 g/mol. The standard InChI is InChI=1S/C23H29N3O3S/c1-29-16-8-9-20-19(14-16)21(15-25-20)30-13-11-24-10-4-5-12-26-22(27)17-6-2-3-7-18(17)23(26)28/h2-3,8-9,14-15,17-18,24-25H,4-7,10-13H2,1H3. The number of nitrogens with one attached hydrogen (secondary N) is 2. The second kappa shape index (κ2) is 9.71. The first-order valence-electron chi connectivity index (χ1n) is 10.7. The number of allylic oxidation sites excluding steroid dienone is 2. The third-order valence-electron chi connectivity index (χ3n) is 5.97. The third-order valence-corrected chi connectivity index (χ3v) is 7.03. The van der Waals surface area contributed by atoms with Crippen LogP contribution in [-0.4, -0.2) is 54.2 Å². The molecule has 0 spiro atoms. The van der Waals surface area contributed by atoms with E-state index in [4.69, 9.17) is 4.74 Å². The molecular formula is C23H29N3O3S. The molecule has 0 radical (unpaired) electrons. The molecule has 2 aromatic rings. The van der Waals surface area contributed by atoms with E-state index in [2.05, 4.69) is 16.4 Å². The third kappa shape index (κ3) is 4.42. The number of carbonyl (C=O) groups excluding carboxylic acids is 2. The number of aromatic nitrogens is 1. The van der Waals surface area contributed by atoms with Gasteiger partial charge in [0.15, 0.2) is 0 Å². The summed E-state index contributed by atoms with van der Waals surface area (Å²) in [6, 6.07) is 6.06. The van der Waals surface area contributed by atoms with E-state index in [1.165, 1.54) is 15.2 Å². The summed E-state index contributed by atoms with van der Waals surface area (Å²) < 4.78 is 5.32. The Balaban J connectivity index is 1.12. The van der Waals surface area contributed by atoms with Crippen molar-refractivity contribution in [1.29, 1.82) is 0 Å². The van der Waals surface area contributed by atoms with Crippen molar-refractivity contribution in [1.82, 2.24) is 15.2 Å². The molecule has 1 saturated heterocycles. The molecule has 160 valence electrons. The Morgan fingerprint density at radius 3 is 2.63 bits per heavy atom. The molecule has 2 atom stereocenters. The number of ether oxygens (including phenoxy) is 1.